The molecular weight excluding hydrogens is 498 g/mol. The second-order valence-electron chi connectivity index (χ2n) is 9.91. The van der Waals surface area contributed by atoms with Gasteiger partial charge in [0.25, 0.3) is 5.91 Å². The molecule has 1 aromatic heterocycles. The minimum absolute atomic E-state index is 0.0206. The van der Waals surface area contributed by atoms with Crippen molar-refractivity contribution in [3.05, 3.63) is 72.1 Å². The monoisotopic (exact) mass is 533 g/mol. The van der Waals surface area contributed by atoms with Crippen LogP contribution >= 0.6 is 0 Å². The van der Waals surface area contributed by atoms with Gasteiger partial charge in [-0.15, -0.1) is 0 Å². The van der Waals surface area contributed by atoms with E-state index in [9.17, 15) is 9.59 Å². The van der Waals surface area contributed by atoms with Crippen LogP contribution in [0.25, 0.3) is 0 Å². The van der Waals surface area contributed by atoms with Gasteiger partial charge in [-0.3, -0.25) is 19.2 Å². The van der Waals surface area contributed by atoms with E-state index >= 15 is 0 Å². The standard InChI is InChI=1S/C29H35N5O5/c1-37-26-16-21-6-10-25(26)38-20-29(36)30-17-22-4-8-23(9-5-22)39-27-19-33(13-3-15-34-14-2-12-31-34)18-24(27)32-28(35)11-7-21/h2,4-6,8-10,12,14,16,24,27H,3,7,11,13,15,17-20H2,1H3,(H,30,36)(H,32,35)/t24-,27-/m0/s1. The van der Waals surface area contributed by atoms with Crippen LogP contribution in [0, 0.1) is 0 Å². The first kappa shape index (κ1) is 26.6. The second-order valence-corrected chi connectivity index (χ2v) is 9.91. The zero-order valence-electron chi connectivity index (χ0n) is 22.2. The summed E-state index contributed by atoms with van der Waals surface area (Å²) in [4.78, 5) is 27.7. The summed E-state index contributed by atoms with van der Waals surface area (Å²) in [5.74, 6) is 1.50. The largest absolute Gasteiger partial charge is 0.493 e. The molecule has 0 unspecified atom stereocenters. The van der Waals surface area contributed by atoms with Gasteiger partial charge in [0.05, 0.1) is 13.2 Å². The predicted molar refractivity (Wildman–Crippen MR) is 145 cm³/mol. The summed E-state index contributed by atoms with van der Waals surface area (Å²) >= 11 is 0. The molecule has 10 heteroatoms. The number of rotatable bonds is 5. The van der Waals surface area contributed by atoms with Crippen molar-refractivity contribution in [2.45, 2.75) is 44.5 Å². The van der Waals surface area contributed by atoms with Crippen molar-refractivity contribution in [2.75, 3.05) is 33.4 Å². The molecule has 2 aromatic carbocycles. The highest BCUT2D eigenvalue weighted by Crippen LogP contribution is 2.28. The van der Waals surface area contributed by atoms with Gasteiger partial charge in [-0.05, 0) is 54.3 Å². The highest BCUT2D eigenvalue weighted by Gasteiger charge is 2.35. The molecule has 2 atom stereocenters. The van der Waals surface area contributed by atoms with Gasteiger partial charge in [0, 0.05) is 51.5 Å². The van der Waals surface area contributed by atoms with E-state index < -0.39 is 0 Å². The summed E-state index contributed by atoms with van der Waals surface area (Å²) in [6.45, 7) is 3.43. The van der Waals surface area contributed by atoms with Crippen molar-refractivity contribution in [3.63, 3.8) is 0 Å². The second kappa shape index (κ2) is 12.7. The Balaban J connectivity index is 1.30. The van der Waals surface area contributed by atoms with Crippen LogP contribution in [0.5, 0.6) is 17.2 Å². The molecule has 10 nitrogen and oxygen atoms in total. The van der Waals surface area contributed by atoms with Crippen molar-refractivity contribution in [1.82, 2.24) is 25.3 Å². The smallest absolute Gasteiger partial charge is 0.258 e. The van der Waals surface area contributed by atoms with Gasteiger partial charge in [-0.1, -0.05) is 18.2 Å². The van der Waals surface area contributed by atoms with Crippen LogP contribution in [0.2, 0.25) is 0 Å². The fourth-order valence-electron chi connectivity index (χ4n) is 4.96. The summed E-state index contributed by atoms with van der Waals surface area (Å²) in [6.07, 6.45) is 5.42. The zero-order chi connectivity index (χ0) is 27.0. The van der Waals surface area contributed by atoms with Crippen molar-refractivity contribution in [2.24, 2.45) is 0 Å². The molecular formula is C29H35N5O5. The topological polar surface area (TPSA) is 107 Å². The third-order valence-corrected chi connectivity index (χ3v) is 7.04. The zero-order valence-corrected chi connectivity index (χ0v) is 22.2. The number of carbonyl (C=O) groups excluding carboxylic acids is 2. The number of amides is 2. The molecule has 0 spiro atoms. The van der Waals surface area contributed by atoms with Crippen LogP contribution in [0.4, 0.5) is 0 Å². The first-order chi connectivity index (χ1) is 19.1. The molecule has 2 amide bonds. The highest BCUT2D eigenvalue weighted by molar-refractivity contribution is 5.78. The fraction of sp³-hybridized carbons (Fsp3) is 0.414. The quantitative estimate of drug-likeness (QED) is 0.518. The number of nitrogens with one attached hydrogen (secondary N) is 2. The van der Waals surface area contributed by atoms with Crippen LogP contribution < -0.4 is 24.8 Å². The van der Waals surface area contributed by atoms with Crippen LogP contribution in [0.3, 0.4) is 0 Å². The maximum atomic E-state index is 13.0. The SMILES string of the molecule is COc1cc2ccc1OCC(=O)NCc1ccc(cc1)O[C@H]1CN(CCCn3cccn3)C[C@@H]1NC(=O)CC2. The Bertz CT molecular complexity index is 1250. The summed E-state index contributed by atoms with van der Waals surface area (Å²) in [5, 5.41) is 10.4. The molecule has 5 aliphatic rings. The first-order valence-electron chi connectivity index (χ1n) is 13.4. The van der Waals surface area contributed by atoms with E-state index in [4.69, 9.17) is 14.2 Å². The third-order valence-electron chi connectivity index (χ3n) is 7.04. The Morgan fingerprint density at radius 3 is 2.67 bits per heavy atom. The van der Waals surface area contributed by atoms with E-state index in [-0.39, 0.29) is 30.6 Å². The molecule has 0 saturated carbocycles. The maximum Gasteiger partial charge on any atom is 0.258 e. The molecule has 8 rings (SSSR count). The fourth-order valence-corrected chi connectivity index (χ4v) is 4.96. The van der Waals surface area contributed by atoms with E-state index in [0.29, 0.717) is 30.9 Å². The lowest BCUT2D eigenvalue weighted by Crippen LogP contribution is -2.45. The average Bonchev–Trinajstić information content (AvgIpc) is 3.60. The third kappa shape index (κ3) is 7.29. The molecule has 0 aliphatic carbocycles. The lowest BCUT2D eigenvalue weighted by molar-refractivity contribution is -0.123. The van der Waals surface area contributed by atoms with E-state index in [1.54, 1.807) is 19.4 Å². The number of hydrogen-bond acceptors (Lipinski definition) is 7. The summed E-state index contributed by atoms with van der Waals surface area (Å²) in [5.41, 5.74) is 1.90. The van der Waals surface area contributed by atoms with Gasteiger partial charge >= 0.3 is 0 Å². The Labute approximate surface area is 228 Å². The molecule has 5 aliphatic heterocycles. The van der Waals surface area contributed by atoms with Gasteiger partial charge in [0.2, 0.25) is 5.91 Å². The van der Waals surface area contributed by atoms with Crippen molar-refractivity contribution < 1.29 is 23.8 Å². The van der Waals surface area contributed by atoms with E-state index in [2.05, 4.69) is 20.6 Å². The minimum atomic E-state index is -0.228. The summed E-state index contributed by atoms with van der Waals surface area (Å²) in [6, 6.07) is 15.0. The van der Waals surface area contributed by atoms with Crippen LogP contribution in [0.1, 0.15) is 24.0 Å². The molecule has 2 N–H and O–H groups in total. The van der Waals surface area contributed by atoms with Crippen LogP contribution in [-0.4, -0.2) is 72.0 Å². The number of aromatic nitrogens is 2. The number of aryl methyl sites for hydroxylation is 2. The Kier molecular flexibility index (Phi) is 8.62. The highest BCUT2D eigenvalue weighted by atomic mass is 16.5. The van der Waals surface area contributed by atoms with Gasteiger partial charge in [-0.25, -0.2) is 0 Å². The van der Waals surface area contributed by atoms with Gasteiger partial charge < -0.3 is 24.8 Å². The van der Waals surface area contributed by atoms with E-state index in [1.807, 2.05) is 53.3 Å². The van der Waals surface area contributed by atoms with Crippen LogP contribution in [-0.2, 0) is 29.1 Å². The molecule has 1 saturated heterocycles. The number of hydrogen-bond donors (Lipinski definition) is 2. The molecule has 6 heterocycles. The molecule has 39 heavy (non-hydrogen) atoms. The molecule has 206 valence electrons. The van der Waals surface area contributed by atoms with E-state index in [1.165, 1.54) is 0 Å². The molecule has 4 bridgehead atoms. The number of likely N-dealkylation sites (tertiary alicyclic amines) is 1. The van der Waals surface area contributed by atoms with Gasteiger partial charge in [0.1, 0.15) is 11.9 Å². The summed E-state index contributed by atoms with van der Waals surface area (Å²) < 4.78 is 19.5. The summed E-state index contributed by atoms with van der Waals surface area (Å²) in [7, 11) is 1.56. The molecule has 3 aromatic rings. The number of benzene rings is 2. The van der Waals surface area contributed by atoms with Crippen molar-refractivity contribution >= 4 is 11.8 Å². The van der Waals surface area contributed by atoms with E-state index in [0.717, 1.165) is 49.5 Å². The maximum absolute atomic E-state index is 13.0. The van der Waals surface area contributed by atoms with Gasteiger partial charge in [-0.2, -0.15) is 5.10 Å². The van der Waals surface area contributed by atoms with Crippen molar-refractivity contribution in [1.29, 1.82) is 0 Å². The van der Waals surface area contributed by atoms with Crippen molar-refractivity contribution in [3.8, 4) is 17.2 Å². The first-order valence-corrected chi connectivity index (χ1v) is 13.4. The number of nitrogens with zero attached hydrogens (tertiary/aromatic N) is 3. The predicted octanol–water partition coefficient (Wildman–Crippen LogP) is 2.17. The Morgan fingerprint density at radius 1 is 1.03 bits per heavy atom. The number of carbonyl (C=O) groups is 2. The Hall–Kier alpha value is -4.05. The Morgan fingerprint density at radius 2 is 1.87 bits per heavy atom. The minimum Gasteiger partial charge on any atom is -0.493 e. The van der Waals surface area contributed by atoms with Gasteiger partial charge in [0.15, 0.2) is 18.1 Å². The average molecular weight is 534 g/mol. The normalized spacial score (nSPS) is 20.4. The van der Waals surface area contributed by atoms with Crippen LogP contribution in [0.15, 0.2) is 60.9 Å². The molecule has 1 fully saturated rings. The number of methoxy groups -OCH3 is 1. The lowest BCUT2D eigenvalue weighted by Gasteiger charge is -2.22. The number of ether oxygens (including phenoxy) is 3. The lowest BCUT2D eigenvalue weighted by atomic mass is 10.1. The molecule has 0 radical (unpaired) electrons.